The largest absolute Gasteiger partial charge is 0.508 e. The first-order chi connectivity index (χ1) is 10.5. The molecule has 0 fully saturated rings. The lowest BCUT2D eigenvalue weighted by Gasteiger charge is -2.09. The molecule has 0 aliphatic rings. The lowest BCUT2D eigenvalue weighted by atomic mass is 10.1. The van der Waals surface area contributed by atoms with E-state index in [4.69, 9.17) is 5.11 Å². The molecule has 0 spiro atoms. The van der Waals surface area contributed by atoms with Crippen LogP contribution in [0.25, 0.3) is 0 Å². The maximum absolute atomic E-state index is 11.9. The molecule has 4 N–H and O–H groups in total. The van der Waals surface area contributed by atoms with E-state index in [1.54, 1.807) is 18.2 Å². The van der Waals surface area contributed by atoms with Crippen LogP contribution in [0.4, 0.5) is 5.69 Å². The summed E-state index contributed by atoms with van der Waals surface area (Å²) in [6, 6.07) is 10.3. The summed E-state index contributed by atoms with van der Waals surface area (Å²) >= 11 is 0. The second kappa shape index (κ2) is 6.62. The summed E-state index contributed by atoms with van der Waals surface area (Å²) < 4.78 is 0. The highest BCUT2D eigenvalue weighted by Crippen LogP contribution is 2.22. The Labute approximate surface area is 126 Å². The molecule has 0 unspecified atom stereocenters. The molecule has 1 amide bonds. The molecule has 114 valence electrons. The topological polar surface area (TPSA) is 107 Å². The van der Waals surface area contributed by atoms with E-state index in [2.05, 4.69) is 5.32 Å². The summed E-state index contributed by atoms with van der Waals surface area (Å²) in [5, 5.41) is 30.5. The molecule has 0 saturated carbocycles. The Bertz CT molecular complexity index is 711. The molecular formula is C16H15NO5. The Balaban J connectivity index is 2.05. The van der Waals surface area contributed by atoms with Crippen molar-refractivity contribution in [2.24, 2.45) is 0 Å². The van der Waals surface area contributed by atoms with Crippen molar-refractivity contribution in [2.75, 3.05) is 5.32 Å². The SMILES string of the molecule is O=C(CCc1ccccc1O)Nc1cc(O)ccc1C(=O)O. The number of hydrogen-bond acceptors (Lipinski definition) is 4. The van der Waals surface area contributed by atoms with Crippen molar-refractivity contribution < 1.29 is 24.9 Å². The maximum atomic E-state index is 11.9. The molecule has 0 aromatic heterocycles. The Hall–Kier alpha value is -3.02. The quantitative estimate of drug-likeness (QED) is 0.678. The van der Waals surface area contributed by atoms with Crippen LogP contribution >= 0.6 is 0 Å². The third-order valence-electron chi connectivity index (χ3n) is 3.12. The van der Waals surface area contributed by atoms with Gasteiger partial charge in [0.2, 0.25) is 5.91 Å². The van der Waals surface area contributed by atoms with E-state index in [0.29, 0.717) is 12.0 Å². The van der Waals surface area contributed by atoms with Crippen LogP contribution in [0.3, 0.4) is 0 Å². The Morgan fingerprint density at radius 3 is 2.45 bits per heavy atom. The molecule has 6 nitrogen and oxygen atoms in total. The minimum atomic E-state index is -1.20. The minimum Gasteiger partial charge on any atom is -0.508 e. The number of nitrogens with one attached hydrogen (secondary N) is 1. The van der Waals surface area contributed by atoms with E-state index in [1.165, 1.54) is 24.3 Å². The van der Waals surface area contributed by atoms with E-state index in [-0.39, 0.29) is 29.2 Å². The first-order valence-electron chi connectivity index (χ1n) is 6.60. The number of carbonyl (C=O) groups is 2. The van der Waals surface area contributed by atoms with Crippen LogP contribution in [0, 0.1) is 0 Å². The minimum absolute atomic E-state index is 0.0368. The molecule has 22 heavy (non-hydrogen) atoms. The molecule has 2 rings (SSSR count). The second-order valence-electron chi connectivity index (χ2n) is 4.71. The Morgan fingerprint density at radius 2 is 1.77 bits per heavy atom. The number of hydrogen-bond donors (Lipinski definition) is 4. The van der Waals surface area contributed by atoms with Gasteiger partial charge < -0.3 is 20.6 Å². The number of aromatic carboxylic acids is 1. The van der Waals surface area contributed by atoms with Gasteiger partial charge in [0.1, 0.15) is 11.5 Å². The van der Waals surface area contributed by atoms with Crippen molar-refractivity contribution in [1.29, 1.82) is 0 Å². The average molecular weight is 301 g/mol. The standard InChI is InChI=1S/C16H15NO5/c18-11-6-7-12(16(21)22)13(9-11)17-15(20)8-5-10-3-1-2-4-14(10)19/h1-4,6-7,9,18-19H,5,8H2,(H,17,20)(H,21,22). The van der Waals surface area contributed by atoms with E-state index in [1.807, 2.05) is 0 Å². The van der Waals surface area contributed by atoms with Crippen LogP contribution in [0.2, 0.25) is 0 Å². The van der Waals surface area contributed by atoms with E-state index < -0.39 is 11.9 Å². The summed E-state index contributed by atoms with van der Waals surface area (Å²) in [6.45, 7) is 0. The van der Waals surface area contributed by atoms with Crippen molar-refractivity contribution >= 4 is 17.6 Å². The molecule has 0 bridgehead atoms. The highest BCUT2D eigenvalue weighted by atomic mass is 16.4. The fourth-order valence-electron chi connectivity index (χ4n) is 2.01. The maximum Gasteiger partial charge on any atom is 0.337 e. The van der Waals surface area contributed by atoms with Crippen LogP contribution in [-0.4, -0.2) is 27.2 Å². The van der Waals surface area contributed by atoms with Gasteiger partial charge in [-0.15, -0.1) is 0 Å². The zero-order chi connectivity index (χ0) is 16.1. The van der Waals surface area contributed by atoms with E-state index in [9.17, 15) is 19.8 Å². The summed E-state index contributed by atoms with van der Waals surface area (Å²) in [5.41, 5.74) is 0.565. The third kappa shape index (κ3) is 3.76. The Kier molecular flexibility index (Phi) is 4.63. The molecule has 0 saturated heterocycles. The second-order valence-corrected chi connectivity index (χ2v) is 4.71. The number of para-hydroxylation sites is 1. The van der Waals surface area contributed by atoms with Crippen molar-refractivity contribution in [3.05, 3.63) is 53.6 Å². The number of benzene rings is 2. The van der Waals surface area contributed by atoms with E-state index in [0.717, 1.165) is 0 Å². The fourth-order valence-corrected chi connectivity index (χ4v) is 2.01. The number of carbonyl (C=O) groups excluding carboxylic acids is 1. The monoisotopic (exact) mass is 301 g/mol. The number of anilines is 1. The van der Waals surface area contributed by atoms with Crippen LogP contribution in [0.5, 0.6) is 11.5 Å². The lowest BCUT2D eigenvalue weighted by Crippen LogP contribution is -2.15. The van der Waals surface area contributed by atoms with Crippen LogP contribution < -0.4 is 5.32 Å². The molecular weight excluding hydrogens is 286 g/mol. The number of aromatic hydroxyl groups is 2. The van der Waals surface area contributed by atoms with Gasteiger partial charge >= 0.3 is 5.97 Å². The number of amides is 1. The first kappa shape index (κ1) is 15.4. The van der Waals surface area contributed by atoms with Crippen LogP contribution in [-0.2, 0) is 11.2 Å². The van der Waals surface area contributed by atoms with Crippen LogP contribution in [0.1, 0.15) is 22.3 Å². The lowest BCUT2D eigenvalue weighted by molar-refractivity contribution is -0.116. The molecule has 6 heteroatoms. The molecule has 0 aliphatic carbocycles. The van der Waals surface area contributed by atoms with Gasteiger partial charge in [-0.25, -0.2) is 4.79 Å². The smallest absolute Gasteiger partial charge is 0.337 e. The first-order valence-corrected chi connectivity index (χ1v) is 6.60. The number of carboxylic acids is 1. The van der Waals surface area contributed by atoms with E-state index >= 15 is 0 Å². The zero-order valence-electron chi connectivity index (χ0n) is 11.6. The molecule has 0 atom stereocenters. The van der Waals surface area contributed by atoms with Crippen molar-refractivity contribution in [2.45, 2.75) is 12.8 Å². The third-order valence-corrected chi connectivity index (χ3v) is 3.12. The number of rotatable bonds is 5. The van der Waals surface area contributed by atoms with Gasteiger partial charge in [-0.1, -0.05) is 18.2 Å². The van der Waals surface area contributed by atoms with Gasteiger partial charge in [-0.05, 0) is 30.2 Å². The predicted molar refractivity (Wildman–Crippen MR) is 80.1 cm³/mol. The highest BCUT2D eigenvalue weighted by Gasteiger charge is 2.13. The number of aryl methyl sites for hydroxylation is 1. The average Bonchev–Trinajstić information content (AvgIpc) is 2.46. The van der Waals surface area contributed by atoms with Crippen molar-refractivity contribution in [3.63, 3.8) is 0 Å². The van der Waals surface area contributed by atoms with Gasteiger partial charge in [0.05, 0.1) is 11.3 Å². The van der Waals surface area contributed by atoms with Gasteiger partial charge in [-0.3, -0.25) is 4.79 Å². The number of phenols is 2. The summed E-state index contributed by atoms with van der Waals surface area (Å²) in [7, 11) is 0. The summed E-state index contributed by atoms with van der Waals surface area (Å²) in [5.74, 6) is -1.63. The highest BCUT2D eigenvalue weighted by molar-refractivity contribution is 6.00. The molecule has 0 aliphatic heterocycles. The van der Waals surface area contributed by atoms with Gasteiger partial charge in [0, 0.05) is 12.5 Å². The number of carboxylic acid groups (broad SMARTS) is 1. The molecule has 2 aromatic rings. The van der Waals surface area contributed by atoms with Gasteiger partial charge in [0.15, 0.2) is 0 Å². The van der Waals surface area contributed by atoms with Crippen LogP contribution in [0.15, 0.2) is 42.5 Å². The summed E-state index contributed by atoms with van der Waals surface area (Å²) in [4.78, 5) is 23.0. The van der Waals surface area contributed by atoms with Crippen molar-refractivity contribution in [1.82, 2.24) is 0 Å². The number of phenolic OH excluding ortho intramolecular Hbond substituents is 2. The van der Waals surface area contributed by atoms with Gasteiger partial charge in [0.25, 0.3) is 0 Å². The zero-order valence-corrected chi connectivity index (χ0v) is 11.6. The molecule has 0 radical (unpaired) electrons. The Morgan fingerprint density at radius 1 is 1.05 bits per heavy atom. The molecule has 2 aromatic carbocycles. The summed E-state index contributed by atoms with van der Waals surface area (Å²) in [6.07, 6.45) is 0.395. The normalized spacial score (nSPS) is 10.2. The molecule has 0 heterocycles. The predicted octanol–water partition coefficient (Wildman–Crippen LogP) is 2.37. The fraction of sp³-hybridized carbons (Fsp3) is 0.125. The van der Waals surface area contributed by atoms with Crippen molar-refractivity contribution in [3.8, 4) is 11.5 Å². The van der Waals surface area contributed by atoms with Gasteiger partial charge in [-0.2, -0.15) is 0 Å².